The van der Waals surface area contributed by atoms with Gasteiger partial charge in [0.2, 0.25) is 5.91 Å². The molecule has 0 aliphatic carbocycles. The van der Waals surface area contributed by atoms with E-state index in [2.05, 4.69) is 20.9 Å². The number of rotatable bonds is 4. The van der Waals surface area contributed by atoms with Gasteiger partial charge in [0.15, 0.2) is 5.13 Å². The zero-order valence-electron chi connectivity index (χ0n) is 11.5. The van der Waals surface area contributed by atoms with Crippen molar-refractivity contribution in [3.8, 4) is 0 Å². The van der Waals surface area contributed by atoms with Gasteiger partial charge in [-0.05, 0) is 20.8 Å². The third-order valence-electron chi connectivity index (χ3n) is 2.00. The van der Waals surface area contributed by atoms with Gasteiger partial charge in [0.1, 0.15) is 10.7 Å². The Morgan fingerprint density at radius 3 is 2.47 bits per heavy atom. The molecule has 0 aromatic carbocycles. The van der Waals surface area contributed by atoms with E-state index in [1.54, 1.807) is 7.05 Å². The number of hydrogen-bond acceptors (Lipinski definition) is 6. The molecule has 0 saturated carbocycles. The number of nitrogens with zero attached hydrogens (tertiary/aromatic N) is 1. The van der Waals surface area contributed by atoms with E-state index >= 15 is 0 Å². The van der Waals surface area contributed by atoms with Crippen LogP contribution in [0.3, 0.4) is 0 Å². The molecule has 0 atom stereocenters. The first-order valence-corrected chi connectivity index (χ1v) is 6.58. The molecule has 0 saturated heterocycles. The quantitative estimate of drug-likeness (QED) is 0.640. The van der Waals surface area contributed by atoms with Crippen LogP contribution in [0.5, 0.6) is 0 Å². The second kappa shape index (κ2) is 5.87. The topological polar surface area (TPSA) is 109 Å². The normalized spacial score (nSPS) is 10.9. The molecule has 0 unspecified atom stereocenters. The molecule has 0 aliphatic rings. The molecule has 0 spiro atoms. The zero-order valence-corrected chi connectivity index (χ0v) is 12.3. The largest absolute Gasteiger partial charge is 0.382 e. The summed E-state index contributed by atoms with van der Waals surface area (Å²) < 4.78 is 0. The lowest BCUT2D eigenvalue weighted by atomic mass is 10.1. The van der Waals surface area contributed by atoms with Crippen molar-refractivity contribution >= 4 is 34.1 Å². The molecule has 1 rings (SSSR count). The first kappa shape index (κ1) is 15.2. The molecule has 5 N–H and O–H groups in total. The Labute approximate surface area is 116 Å². The summed E-state index contributed by atoms with van der Waals surface area (Å²) in [6.07, 6.45) is 0. The van der Waals surface area contributed by atoms with Gasteiger partial charge in [-0.15, -0.1) is 0 Å². The van der Waals surface area contributed by atoms with E-state index in [0.717, 1.165) is 11.3 Å². The molecular weight excluding hydrogens is 266 g/mol. The number of carbonyl (C=O) groups excluding carboxylic acids is 2. The van der Waals surface area contributed by atoms with Gasteiger partial charge in [-0.1, -0.05) is 11.3 Å². The van der Waals surface area contributed by atoms with E-state index in [1.807, 2.05) is 20.8 Å². The number of nitrogen functional groups attached to an aromatic ring is 1. The highest BCUT2D eigenvalue weighted by molar-refractivity contribution is 7.18. The van der Waals surface area contributed by atoms with Crippen LogP contribution in [0.15, 0.2) is 0 Å². The van der Waals surface area contributed by atoms with Gasteiger partial charge in [0, 0.05) is 12.6 Å². The van der Waals surface area contributed by atoms with Gasteiger partial charge in [-0.25, -0.2) is 4.98 Å². The van der Waals surface area contributed by atoms with Crippen LogP contribution in [0.25, 0.3) is 0 Å². The van der Waals surface area contributed by atoms with Gasteiger partial charge in [0.05, 0.1) is 6.54 Å². The number of amides is 2. The van der Waals surface area contributed by atoms with Crippen molar-refractivity contribution in [2.24, 2.45) is 0 Å². The fourth-order valence-corrected chi connectivity index (χ4v) is 2.06. The van der Waals surface area contributed by atoms with Crippen molar-refractivity contribution in [3.05, 3.63) is 4.88 Å². The minimum Gasteiger partial charge on any atom is -0.382 e. The van der Waals surface area contributed by atoms with Gasteiger partial charge in [-0.2, -0.15) is 0 Å². The Bertz CT molecular complexity index is 478. The third-order valence-corrected chi connectivity index (χ3v) is 3.08. The molecule has 0 aliphatic heterocycles. The minimum atomic E-state index is -0.402. The molecule has 0 bridgehead atoms. The molecule has 1 heterocycles. The predicted octanol–water partition coefficient (Wildman–Crippen LogP) is 0.412. The van der Waals surface area contributed by atoms with E-state index in [0.29, 0.717) is 10.0 Å². The fourth-order valence-electron chi connectivity index (χ4n) is 1.30. The molecular formula is C11H19N5O2S. The molecule has 8 heteroatoms. The van der Waals surface area contributed by atoms with Crippen LogP contribution in [0.4, 0.5) is 10.9 Å². The highest BCUT2D eigenvalue weighted by atomic mass is 32.1. The van der Waals surface area contributed by atoms with E-state index in [9.17, 15) is 9.59 Å². The molecule has 1 aromatic heterocycles. The molecule has 0 radical (unpaired) electrons. The summed E-state index contributed by atoms with van der Waals surface area (Å²) in [6.45, 7) is 5.51. The van der Waals surface area contributed by atoms with Gasteiger partial charge in [-0.3, -0.25) is 9.59 Å². The highest BCUT2D eigenvalue weighted by Gasteiger charge is 2.18. The third kappa shape index (κ3) is 4.74. The number of carbonyl (C=O) groups is 2. The Morgan fingerprint density at radius 1 is 1.37 bits per heavy atom. The Balaban J connectivity index is 2.56. The summed E-state index contributed by atoms with van der Waals surface area (Å²) in [5.41, 5.74) is 5.30. The van der Waals surface area contributed by atoms with Crippen LogP contribution in [0.2, 0.25) is 0 Å². The predicted molar refractivity (Wildman–Crippen MR) is 76.3 cm³/mol. The average molecular weight is 285 g/mol. The Morgan fingerprint density at radius 2 is 2.00 bits per heavy atom. The lowest BCUT2D eigenvalue weighted by Gasteiger charge is -2.20. The highest BCUT2D eigenvalue weighted by Crippen LogP contribution is 2.23. The second-order valence-corrected chi connectivity index (χ2v) is 5.96. The number of thiazole rings is 1. The van der Waals surface area contributed by atoms with Crippen LogP contribution < -0.4 is 21.7 Å². The second-order valence-electron chi connectivity index (χ2n) is 4.96. The van der Waals surface area contributed by atoms with Crippen molar-refractivity contribution in [2.45, 2.75) is 26.3 Å². The van der Waals surface area contributed by atoms with E-state index in [-0.39, 0.29) is 23.8 Å². The van der Waals surface area contributed by atoms with Gasteiger partial charge >= 0.3 is 0 Å². The lowest BCUT2D eigenvalue weighted by Crippen LogP contribution is -2.45. The van der Waals surface area contributed by atoms with Crippen LogP contribution in [-0.2, 0) is 4.79 Å². The molecule has 19 heavy (non-hydrogen) atoms. The van der Waals surface area contributed by atoms with E-state index in [4.69, 9.17) is 5.73 Å². The minimum absolute atomic E-state index is 0.0949. The van der Waals surface area contributed by atoms with E-state index < -0.39 is 5.91 Å². The number of anilines is 2. The van der Waals surface area contributed by atoms with Crippen molar-refractivity contribution < 1.29 is 9.59 Å². The van der Waals surface area contributed by atoms with Crippen molar-refractivity contribution in [1.82, 2.24) is 15.6 Å². The average Bonchev–Trinajstić information content (AvgIpc) is 2.65. The zero-order chi connectivity index (χ0) is 14.6. The van der Waals surface area contributed by atoms with Crippen LogP contribution >= 0.6 is 11.3 Å². The SMILES string of the molecule is CNc1nc(N)c(C(=O)NCC(=O)NC(C)(C)C)s1. The summed E-state index contributed by atoms with van der Waals surface area (Å²) in [5.74, 6) is -0.499. The summed E-state index contributed by atoms with van der Waals surface area (Å²) in [7, 11) is 1.69. The maximum Gasteiger partial charge on any atom is 0.265 e. The standard InChI is InChI=1S/C11H19N5O2S/c1-11(2,3)16-6(17)5-14-9(18)7-8(12)15-10(13-4)19-7/h5,12H2,1-4H3,(H,13,15)(H,14,18)(H,16,17). The van der Waals surface area contributed by atoms with Crippen LogP contribution in [0, 0.1) is 0 Å². The maximum atomic E-state index is 11.8. The van der Waals surface area contributed by atoms with Crippen molar-refractivity contribution in [3.63, 3.8) is 0 Å². The van der Waals surface area contributed by atoms with Crippen LogP contribution in [-0.4, -0.2) is 35.9 Å². The smallest absolute Gasteiger partial charge is 0.265 e. The fraction of sp³-hybridized carbons (Fsp3) is 0.545. The monoisotopic (exact) mass is 285 g/mol. The van der Waals surface area contributed by atoms with Crippen molar-refractivity contribution in [2.75, 3.05) is 24.6 Å². The molecule has 2 amide bonds. The van der Waals surface area contributed by atoms with Gasteiger partial charge < -0.3 is 21.7 Å². The Kier molecular flexibility index (Phi) is 4.71. The molecule has 0 fully saturated rings. The first-order valence-electron chi connectivity index (χ1n) is 5.76. The summed E-state index contributed by atoms with van der Waals surface area (Å²) in [5, 5.41) is 8.62. The molecule has 106 valence electrons. The summed E-state index contributed by atoms with van der Waals surface area (Å²) in [6, 6.07) is 0. The van der Waals surface area contributed by atoms with Crippen LogP contribution in [0.1, 0.15) is 30.4 Å². The van der Waals surface area contributed by atoms with E-state index in [1.165, 1.54) is 0 Å². The maximum absolute atomic E-state index is 11.8. The van der Waals surface area contributed by atoms with Crippen molar-refractivity contribution in [1.29, 1.82) is 0 Å². The van der Waals surface area contributed by atoms with Gasteiger partial charge in [0.25, 0.3) is 5.91 Å². The number of nitrogens with one attached hydrogen (secondary N) is 3. The number of aromatic nitrogens is 1. The number of nitrogens with two attached hydrogens (primary N) is 1. The summed E-state index contributed by atoms with van der Waals surface area (Å²) in [4.78, 5) is 27.7. The summed E-state index contributed by atoms with van der Waals surface area (Å²) >= 11 is 1.14. The lowest BCUT2D eigenvalue weighted by molar-refractivity contribution is -0.121. The molecule has 7 nitrogen and oxygen atoms in total. The first-order chi connectivity index (χ1) is 8.73. The number of hydrogen-bond donors (Lipinski definition) is 4. The molecule has 1 aromatic rings. The Hall–Kier alpha value is -1.83.